The van der Waals surface area contributed by atoms with Gasteiger partial charge in [-0.25, -0.2) is 4.79 Å². The third kappa shape index (κ3) is 2.70. The molecule has 1 saturated heterocycles. The number of hydrogen-bond acceptors (Lipinski definition) is 4. The number of aliphatic carboxylic acids is 1. The van der Waals surface area contributed by atoms with Crippen molar-refractivity contribution in [2.75, 3.05) is 0 Å². The molecule has 5 nitrogen and oxygen atoms in total. The van der Waals surface area contributed by atoms with Gasteiger partial charge < -0.3 is 9.84 Å². The number of rotatable bonds is 4. The Labute approximate surface area is 160 Å². The summed E-state index contributed by atoms with van der Waals surface area (Å²) < 4.78 is 5.95. The standard InChI is InChI=1S/C22H28O5/c1-14-7-11-21-12-9-17(22(21,13-8-14)16(3)23)20(4,27-19(21)26)10-5-6-15(2)18(24)25/h5-7,10,17H,8-9,11-13H2,1-4H3,(H,24,25)/b10-5+,15-6+/t17-,20-,21+,22+/m0/s1. The van der Waals surface area contributed by atoms with Gasteiger partial charge in [0.2, 0.25) is 0 Å². The highest BCUT2D eigenvalue weighted by Gasteiger charge is 2.73. The molecule has 3 aliphatic rings. The molecule has 2 fully saturated rings. The van der Waals surface area contributed by atoms with Crippen molar-refractivity contribution in [3.63, 3.8) is 0 Å². The van der Waals surface area contributed by atoms with Crippen LogP contribution in [0.5, 0.6) is 0 Å². The van der Waals surface area contributed by atoms with E-state index in [1.54, 1.807) is 19.1 Å². The molecule has 0 aromatic heterocycles. The summed E-state index contributed by atoms with van der Waals surface area (Å²) in [5.74, 6) is -1.31. The maximum Gasteiger partial charge on any atom is 0.331 e. The van der Waals surface area contributed by atoms with E-state index < -0.39 is 22.4 Å². The number of ketones is 1. The summed E-state index contributed by atoms with van der Waals surface area (Å²) in [7, 11) is 0. The SMILES string of the molecule is CC(=O)[C@@]12CCC(C)=CC[C@]13CC[C@H]2[C@](C)(/C=C/C=C(\C)C(=O)O)OC3=O. The van der Waals surface area contributed by atoms with E-state index >= 15 is 0 Å². The summed E-state index contributed by atoms with van der Waals surface area (Å²) in [4.78, 5) is 37.3. The van der Waals surface area contributed by atoms with Gasteiger partial charge in [-0.15, -0.1) is 0 Å². The highest BCUT2D eigenvalue weighted by molar-refractivity contribution is 5.94. The lowest BCUT2D eigenvalue weighted by atomic mass is 9.53. The minimum Gasteiger partial charge on any atom is -0.478 e. The minimum atomic E-state index is -0.990. The van der Waals surface area contributed by atoms with E-state index in [9.17, 15) is 14.4 Å². The fraction of sp³-hybridized carbons (Fsp3) is 0.591. The molecule has 2 bridgehead atoms. The highest BCUT2D eigenvalue weighted by Crippen LogP contribution is 2.69. The summed E-state index contributed by atoms with van der Waals surface area (Å²) in [6.07, 6.45) is 10.4. The van der Waals surface area contributed by atoms with Gasteiger partial charge in [0.05, 0.1) is 10.8 Å². The zero-order valence-electron chi connectivity index (χ0n) is 16.5. The number of esters is 1. The first-order valence-corrected chi connectivity index (χ1v) is 9.58. The average Bonchev–Trinajstić information content (AvgIpc) is 2.80. The van der Waals surface area contributed by atoms with Crippen LogP contribution >= 0.6 is 0 Å². The number of Topliss-reactive ketones (excluding diaryl/α,β-unsaturated/α-hetero) is 1. The molecule has 1 N–H and O–H groups in total. The monoisotopic (exact) mass is 372 g/mol. The van der Waals surface area contributed by atoms with Crippen LogP contribution in [-0.2, 0) is 19.1 Å². The van der Waals surface area contributed by atoms with Crippen molar-refractivity contribution in [1.29, 1.82) is 0 Å². The first kappa shape index (κ1) is 19.6. The molecule has 0 radical (unpaired) electrons. The Morgan fingerprint density at radius 2 is 2.00 bits per heavy atom. The molecule has 1 aliphatic heterocycles. The van der Waals surface area contributed by atoms with E-state index in [1.165, 1.54) is 18.6 Å². The summed E-state index contributed by atoms with van der Waals surface area (Å²) in [6.45, 7) is 7.03. The molecule has 27 heavy (non-hydrogen) atoms. The van der Waals surface area contributed by atoms with Gasteiger partial charge in [0, 0.05) is 11.5 Å². The van der Waals surface area contributed by atoms with Crippen molar-refractivity contribution in [2.24, 2.45) is 16.7 Å². The normalized spacial score (nSPS) is 38.8. The minimum absolute atomic E-state index is 0.0710. The maximum atomic E-state index is 13.3. The molecule has 0 unspecified atom stereocenters. The molecular weight excluding hydrogens is 344 g/mol. The topological polar surface area (TPSA) is 80.7 Å². The van der Waals surface area contributed by atoms with Crippen LogP contribution in [-0.4, -0.2) is 28.4 Å². The molecule has 0 amide bonds. The fourth-order valence-electron chi connectivity index (χ4n) is 5.61. The largest absolute Gasteiger partial charge is 0.478 e. The Hall–Kier alpha value is -2.17. The molecule has 3 rings (SSSR count). The maximum absolute atomic E-state index is 13.3. The Morgan fingerprint density at radius 3 is 2.63 bits per heavy atom. The van der Waals surface area contributed by atoms with Crippen molar-refractivity contribution in [2.45, 2.75) is 65.4 Å². The summed E-state index contributed by atoms with van der Waals surface area (Å²) in [5, 5.41) is 9.02. The summed E-state index contributed by atoms with van der Waals surface area (Å²) in [6, 6.07) is 0. The first-order valence-electron chi connectivity index (χ1n) is 9.58. The first-order chi connectivity index (χ1) is 12.6. The molecule has 1 saturated carbocycles. The number of ether oxygens (including phenoxy) is 1. The predicted octanol–water partition coefficient (Wildman–Crippen LogP) is 3.99. The van der Waals surface area contributed by atoms with E-state index in [1.807, 2.05) is 6.92 Å². The van der Waals surface area contributed by atoms with Crippen LogP contribution in [0.15, 0.2) is 35.5 Å². The van der Waals surface area contributed by atoms with Crippen LogP contribution in [0, 0.1) is 16.7 Å². The second-order valence-corrected chi connectivity index (χ2v) is 8.54. The molecule has 4 atom stereocenters. The average molecular weight is 372 g/mol. The van der Waals surface area contributed by atoms with Crippen LogP contribution in [0.1, 0.15) is 59.8 Å². The number of cyclic esters (lactones) is 1. The van der Waals surface area contributed by atoms with Gasteiger partial charge in [0.25, 0.3) is 0 Å². The Balaban J connectivity index is 2.07. The summed E-state index contributed by atoms with van der Waals surface area (Å²) in [5.41, 5.74) is -0.984. The van der Waals surface area contributed by atoms with Gasteiger partial charge in [0.1, 0.15) is 11.4 Å². The van der Waals surface area contributed by atoms with E-state index in [0.717, 1.165) is 12.8 Å². The number of carboxylic acids is 1. The van der Waals surface area contributed by atoms with Crippen LogP contribution in [0.3, 0.4) is 0 Å². The van der Waals surface area contributed by atoms with E-state index in [2.05, 4.69) is 13.0 Å². The molecule has 2 aliphatic carbocycles. The fourth-order valence-corrected chi connectivity index (χ4v) is 5.61. The number of carboxylic acid groups (broad SMARTS) is 1. The molecule has 5 heteroatoms. The molecule has 0 aromatic rings. The lowest BCUT2D eigenvalue weighted by Crippen LogP contribution is -2.62. The number of allylic oxidation sites excluding steroid dienone is 4. The third-order valence-corrected chi connectivity index (χ3v) is 7.16. The molecule has 0 spiro atoms. The molecule has 1 heterocycles. The van der Waals surface area contributed by atoms with Crippen LogP contribution in [0.4, 0.5) is 0 Å². The number of carbonyl (C=O) groups is 3. The highest BCUT2D eigenvalue weighted by atomic mass is 16.6. The second-order valence-electron chi connectivity index (χ2n) is 8.54. The molecule has 0 aromatic carbocycles. The zero-order valence-corrected chi connectivity index (χ0v) is 16.5. The Morgan fingerprint density at radius 1 is 1.30 bits per heavy atom. The van der Waals surface area contributed by atoms with Crippen molar-refractivity contribution < 1.29 is 24.2 Å². The van der Waals surface area contributed by atoms with Crippen LogP contribution in [0.25, 0.3) is 0 Å². The van der Waals surface area contributed by atoms with Gasteiger partial charge in [-0.05, 0) is 65.9 Å². The van der Waals surface area contributed by atoms with Gasteiger partial charge in [-0.1, -0.05) is 23.8 Å². The van der Waals surface area contributed by atoms with Crippen LogP contribution < -0.4 is 0 Å². The number of hydrogen-bond donors (Lipinski definition) is 1. The Bertz CT molecular complexity index is 789. The predicted molar refractivity (Wildman–Crippen MR) is 101 cm³/mol. The van der Waals surface area contributed by atoms with Crippen molar-refractivity contribution in [3.8, 4) is 0 Å². The van der Waals surface area contributed by atoms with Gasteiger partial charge in [-0.2, -0.15) is 0 Å². The van der Waals surface area contributed by atoms with Crippen molar-refractivity contribution >= 4 is 17.7 Å². The van der Waals surface area contributed by atoms with Crippen molar-refractivity contribution in [1.82, 2.24) is 0 Å². The molecule has 146 valence electrons. The van der Waals surface area contributed by atoms with Gasteiger partial charge in [-0.3, -0.25) is 9.59 Å². The number of carbonyl (C=O) groups excluding carboxylic acids is 2. The zero-order chi connectivity index (χ0) is 20.0. The van der Waals surface area contributed by atoms with Crippen molar-refractivity contribution in [3.05, 3.63) is 35.5 Å². The molecular formula is C22H28O5. The van der Waals surface area contributed by atoms with Crippen LogP contribution in [0.2, 0.25) is 0 Å². The van der Waals surface area contributed by atoms with E-state index in [4.69, 9.17) is 9.84 Å². The smallest absolute Gasteiger partial charge is 0.331 e. The Kier molecular flexibility index (Phi) is 4.69. The van der Waals surface area contributed by atoms with E-state index in [-0.39, 0.29) is 23.2 Å². The lowest BCUT2D eigenvalue weighted by molar-refractivity contribution is -0.205. The summed E-state index contributed by atoms with van der Waals surface area (Å²) >= 11 is 0. The van der Waals surface area contributed by atoms with Gasteiger partial charge in [0.15, 0.2) is 0 Å². The quantitative estimate of drug-likeness (QED) is 0.349. The van der Waals surface area contributed by atoms with E-state index in [0.29, 0.717) is 19.3 Å². The van der Waals surface area contributed by atoms with Gasteiger partial charge >= 0.3 is 11.9 Å². The lowest BCUT2D eigenvalue weighted by Gasteiger charge is -2.54. The second kappa shape index (κ2) is 6.47. The third-order valence-electron chi connectivity index (χ3n) is 7.16.